The summed E-state index contributed by atoms with van der Waals surface area (Å²) in [6, 6.07) is 4.70. The second-order valence-electron chi connectivity index (χ2n) is 16.6. The predicted molar refractivity (Wildman–Crippen MR) is 170 cm³/mol. The molecule has 0 amide bonds. The molecule has 0 aromatic heterocycles. The van der Waals surface area contributed by atoms with E-state index >= 15 is 0 Å². The number of Topliss-reactive ketones (excluding diaryl/α,β-unsaturated/α-hetero) is 1. The molecule has 42 heavy (non-hydrogen) atoms. The van der Waals surface area contributed by atoms with Crippen LogP contribution in [-0.2, 0) is 38.4 Å². The molecule has 0 N–H and O–H groups in total. The maximum atomic E-state index is 13.4. The quantitative estimate of drug-likeness (QED) is 0.268. The molecule has 1 aromatic rings. The van der Waals surface area contributed by atoms with Crippen LogP contribution >= 0.6 is 0 Å². The lowest BCUT2D eigenvalue weighted by Gasteiger charge is -2.45. The van der Waals surface area contributed by atoms with E-state index in [4.69, 9.17) is 4.18 Å². The van der Waals surface area contributed by atoms with Gasteiger partial charge in [0.15, 0.2) is 0 Å². The van der Waals surface area contributed by atoms with Crippen LogP contribution in [0.2, 0.25) is 0 Å². The van der Waals surface area contributed by atoms with Gasteiger partial charge in [0, 0.05) is 12.8 Å². The summed E-state index contributed by atoms with van der Waals surface area (Å²) in [5.41, 5.74) is 5.29. The Bertz CT molecular complexity index is 1330. The first kappa shape index (κ1) is 30.8. The van der Waals surface area contributed by atoms with Gasteiger partial charge in [-0.3, -0.25) is 8.98 Å². The van der Waals surface area contributed by atoms with Gasteiger partial charge in [0.2, 0.25) is 0 Å². The average molecular weight is 597 g/mol. The van der Waals surface area contributed by atoms with Crippen molar-refractivity contribution in [3.05, 3.63) is 34.4 Å². The van der Waals surface area contributed by atoms with Crippen LogP contribution in [0.25, 0.3) is 0 Å². The fraction of sp³-hybridized carbons (Fsp3) is 0.811. The van der Waals surface area contributed by atoms with Gasteiger partial charge in [-0.25, -0.2) is 0 Å². The molecule has 3 fully saturated rings. The van der Waals surface area contributed by atoms with Crippen LogP contribution in [0.3, 0.4) is 0 Å². The second-order valence-corrected chi connectivity index (χ2v) is 18.2. The Balaban J connectivity index is 1.14. The lowest BCUT2D eigenvalue weighted by atomic mass is 9.59. The monoisotopic (exact) mass is 596 g/mol. The van der Waals surface area contributed by atoms with Crippen molar-refractivity contribution in [3.8, 4) is 0 Å². The number of carbonyl (C=O) groups excluding carboxylic acids is 1. The van der Waals surface area contributed by atoms with Crippen LogP contribution in [0.1, 0.15) is 134 Å². The Morgan fingerprint density at radius 3 is 2.33 bits per heavy atom. The van der Waals surface area contributed by atoms with E-state index < -0.39 is 15.5 Å². The van der Waals surface area contributed by atoms with Crippen LogP contribution in [0.5, 0.6) is 0 Å². The Kier molecular flexibility index (Phi) is 7.86. The largest absolute Gasteiger partial charge is 0.299 e. The van der Waals surface area contributed by atoms with E-state index in [-0.39, 0.29) is 23.1 Å². The van der Waals surface area contributed by atoms with E-state index in [1.807, 2.05) is 0 Å². The van der Waals surface area contributed by atoms with E-state index in [0.717, 1.165) is 49.4 Å². The Hall–Kier alpha value is -1.20. The molecule has 4 nitrogen and oxygen atoms in total. The lowest BCUT2D eigenvalue weighted by molar-refractivity contribution is -0.128. The molecule has 6 rings (SSSR count). The molecule has 2 bridgehead atoms. The molecule has 3 saturated carbocycles. The second kappa shape index (κ2) is 10.7. The smallest absolute Gasteiger partial charge is 0.268 e. The standard InChI is InChI=1S/C37H56O4S/c1-23(2)24(3)8-9-25(4)32-14-15-33-31-12-10-26-20-28(11-13-29(26)30(31)17-18-36(32,33)7)41-42(39,40)22-37-19-16-27(21-34(37)38)35(37,5)6/h10,12,23-25,27-28,32-33H,8-9,11,13-22H2,1-7H3/t24-,25+,27+,28-,32-,33-,36+,37+/m0/s1. The summed E-state index contributed by atoms with van der Waals surface area (Å²) in [6.07, 6.45) is 11.9. The number of fused-ring (bicyclic) bond motifs is 7. The van der Waals surface area contributed by atoms with Crippen molar-refractivity contribution in [2.45, 2.75) is 138 Å². The Morgan fingerprint density at radius 2 is 1.67 bits per heavy atom. The molecular formula is C37H56O4S. The zero-order valence-corrected chi connectivity index (χ0v) is 28.2. The van der Waals surface area contributed by atoms with Crippen LogP contribution in [0.4, 0.5) is 0 Å². The number of benzene rings is 1. The van der Waals surface area contributed by atoms with Gasteiger partial charge in [0.25, 0.3) is 10.1 Å². The fourth-order valence-electron chi connectivity index (χ4n) is 10.8. The Morgan fingerprint density at radius 1 is 0.905 bits per heavy atom. The molecule has 0 heterocycles. The summed E-state index contributed by atoms with van der Waals surface area (Å²) in [4.78, 5) is 13.0. The molecular weight excluding hydrogens is 540 g/mol. The van der Waals surface area contributed by atoms with Gasteiger partial charge >= 0.3 is 0 Å². The zero-order chi connectivity index (χ0) is 30.2. The number of hydrogen-bond acceptors (Lipinski definition) is 4. The molecule has 1 aromatic carbocycles. The molecule has 0 aliphatic heterocycles. The summed E-state index contributed by atoms with van der Waals surface area (Å²) in [5.74, 6) is 4.09. The number of ketones is 1. The fourth-order valence-corrected chi connectivity index (χ4v) is 12.7. The van der Waals surface area contributed by atoms with Crippen molar-refractivity contribution in [2.24, 2.45) is 45.8 Å². The van der Waals surface area contributed by atoms with Gasteiger partial charge < -0.3 is 0 Å². The summed E-state index contributed by atoms with van der Waals surface area (Å²) in [5, 5.41) is 0. The molecule has 5 aliphatic carbocycles. The lowest BCUT2D eigenvalue weighted by Crippen LogP contribution is -2.43. The third-order valence-electron chi connectivity index (χ3n) is 14.2. The van der Waals surface area contributed by atoms with Gasteiger partial charge in [0.1, 0.15) is 5.78 Å². The molecule has 0 radical (unpaired) electrons. The van der Waals surface area contributed by atoms with Crippen molar-refractivity contribution in [2.75, 3.05) is 5.75 Å². The number of hydrogen-bond donors (Lipinski definition) is 0. The van der Waals surface area contributed by atoms with E-state index in [1.54, 1.807) is 11.1 Å². The highest BCUT2D eigenvalue weighted by Crippen LogP contribution is 2.64. The van der Waals surface area contributed by atoms with Gasteiger partial charge in [0.05, 0.1) is 17.3 Å². The van der Waals surface area contributed by atoms with E-state index in [2.05, 4.69) is 60.6 Å². The third kappa shape index (κ3) is 4.86. The SMILES string of the molecule is CC(C)[C@@H](C)CC[C@@H](C)[C@@H]1CC[C@H]2c3ccc4c(c3CC[C@@]21C)CC[C@H](OS(=O)(=O)C[C@]12CC[C@H](CC1=O)C2(C)C)C4. The maximum absolute atomic E-state index is 13.4. The number of rotatable bonds is 9. The van der Waals surface area contributed by atoms with Gasteiger partial charge in [-0.1, -0.05) is 73.4 Å². The molecule has 5 heteroatoms. The van der Waals surface area contributed by atoms with Gasteiger partial charge in [-0.05, 0) is 120 Å². The van der Waals surface area contributed by atoms with Crippen molar-refractivity contribution in [3.63, 3.8) is 0 Å². The summed E-state index contributed by atoms with van der Waals surface area (Å²) in [6.45, 7) is 16.4. The van der Waals surface area contributed by atoms with E-state index in [9.17, 15) is 13.2 Å². The predicted octanol–water partition coefficient (Wildman–Crippen LogP) is 8.44. The van der Waals surface area contributed by atoms with Crippen LogP contribution in [-0.4, -0.2) is 26.1 Å². The molecule has 0 spiro atoms. The molecule has 5 aliphatic rings. The summed E-state index contributed by atoms with van der Waals surface area (Å²) in [7, 11) is -3.80. The van der Waals surface area contributed by atoms with E-state index in [0.29, 0.717) is 36.5 Å². The first-order valence-electron chi connectivity index (χ1n) is 17.3. The highest BCUT2D eigenvalue weighted by molar-refractivity contribution is 7.86. The van der Waals surface area contributed by atoms with Crippen molar-refractivity contribution in [1.29, 1.82) is 0 Å². The van der Waals surface area contributed by atoms with E-state index in [1.165, 1.54) is 43.2 Å². The van der Waals surface area contributed by atoms with Gasteiger partial charge in [-0.15, -0.1) is 0 Å². The number of carbonyl (C=O) groups is 1. The van der Waals surface area contributed by atoms with Crippen molar-refractivity contribution in [1.82, 2.24) is 0 Å². The maximum Gasteiger partial charge on any atom is 0.268 e. The summed E-state index contributed by atoms with van der Waals surface area (Å²) < 4.78 is 32.7. The minimum atomic E-state index is -3.80. The minimum Gasteiger partial charge on any atom is -0.299 e. The third-order valence-corrected chi connectivity index (χ3v) is 15.6. The topological polar surface area (TPSA) is 60.4 Å². The van der Waals surface area contributed by atoms with Crippen molar-refractivity contribution < 1.29 is 17.4 Å². The Labute approximate surface area is 256 Å². The van der Waals surface area contributed by atoms with Crippen LogP contribution < -0.4 is 0 Å². The van der Waals surface area contributed by atoms with Crippen LogP contribution in [0.15, 0.2) is 12.1 Å². The van der Waals surface area contributed by atoms with Crippen LogP contribution in [0, 0.1) is 45.8 Å². The minimum absolute atomic E-state index is 0.136. The van der Waals surface area contributed by atoms with Gasteiger partial charge in [-0.2, -0.15) is 8.42 Å². The highest BCUT2D eigenvalue weighted by Gasteiger charge is 2.65. The molecule has 8 atom stereocenters. The first-order chi connectivity index (χ1) is 19.7. The average Bonchev–Trinajstić information content (AvgIpc) is 3.46. The highest BCUT2D eigenvalue weighted by atomic mass is 32.2. The molecule has 0 unspecified atom stereocenters. The molecule has 0 saturated heterocycles. The molecule has 234 valence electrons. The normalized spacial score (nSPS) is 36.5. The zero-order valence-electron chi connectivity index (χ0n) is 27.4. The first-order valence-corrected chi connectivity index (χ1v) is 18.8. The van der Waals surface area contributed by atoms with Crippen molar-refractivity contribution >= 4 is 15.9 Å². The summed E-state index contributed by atoms with van der Waals surface area (Å²) >= 11 is 0.